The van der Waals surface area contributed by atoms with Crippen LogP contribution in [0.4, 0.5) is 0 Å². The minimum Gasteiger partial charge on any atom is -0.490 e. The summed E-state index contributed by atoms with van der Waals surface area (Å²) in [5, 5.41) is 6.55. The normalized spacial score (nSPS) is 11.8. The molecule has 0 amide bonds. The summed E-state index contributed by atoms with van der Waals surface area (Å²) >= 11 is 1.51. The van der Waals surface area contributed by atoms with E-state index in [4.69, 9.17) is 14.3 Å². The minimum atomic E-state index is 0.636. The predicted molar refractivity (Wildman–Crippen MR) is 139 cm³/mol. The fourth-order valence-electron chi connectivity index (χ4n) is 3.79. The van der Waals surface area contributed by atoms with E-state index in [0.29, 0.717) is 11.8 Å². The first-order chi connectivity index (χ1) is 16.0. The maximum absolute atomic E-state index is 5.80. The largest absolute Gasteiger partial charge is 0.490 e. The molecule has 6 heteroatoms. The molecule has 2 aromatic rings. The number of allylic oxidation sites excluding steroid dienone is 1. The Kier molecular flexibility index (Phi) is 12.6. The van der Waals surface area contributed by atoms with Crippen molar-refractivity contribution in [2.45, 2.75) is 79.1 Å². The van der Waals surface area contributed by atoms with E-state index in [9.17, 15) is 0 Å². The molecule has 2 rings (SSSR count). The number of hydrogen-bond donors (Lipinski definition) is 0. The van der Waals surface area contributed by atoms with Gasteiger partial charge in [0.15, 0.2) is 0 Å². The number of rotatable bonds is 16. The molecule has 0 bridgehead atoms. The van der Waals surface area contributed by atoms with Crippen molar-refractivity contribution < 1.29 is 14.3 Å². The molecule has 0 aliphatic heterocycles. The summed E-state index contributed by atoms with van der Waals surface area (Å²) in [5.74, 6) is 0.973. The maximum Gasteiger partial charge on any atom is 0.273 e. The zero-order chi connectivity index (χ0) is 23.9. The van der Waals surface area contributed by atoms with Crippen LogP contribution in [0, 0.1) is 13.8 Å². The van der Waals surface area contributed by atoms with E-state index in [1.165, 1.54) is 73.7 Å². The van der Waals surface area contributed by atoms with E-state index in [1.807, 2.05) is 31.4 Å². The van der Waals surface area contributed by atoms with Crippen LogP contribution >= 0.6 is 11.3 Å². The first kappa shape index (κ1) is 26.9. The van der Waals surface area contributed by atoms with Crippen molar-refractivity contribution in [1.29, 1.82) is 0 Å². The van der Waals surface area contributed by atoms with E-state index >= 15 is 0 Å². The van der Waals surface area contributed by atoms with Gasteiger partial charge >= 0.3 is 0 Å². The van der Waals surface area contributed by atoms with Gasteiger partial charge in [-0.05, 0) is 75.8 Å². The van der Waals surface area contributed by atoms with Crippen LogP contribution in [0.1, 0.15) is 81.2 Å². The summed E-state index contributed by atoms with van der Waals surface area (Å²) in [5.41, 5.74) is 5.76. The van der Waals surface area contributed by atoms with Crippen molar-refractivity contribution in [2.24, 2.45) is 5.16 Å². The van der Waals surface area contributed by atoms with Gasteiger partial charge in [-0.25, -0.2) is 4.98 Å². The third-order valence-electron chi connectivity index (χ3n) is 5.63. The highest BCUT2D eigenvalue weighted by atomic mass is 32.1. The topological polar surface area (TPSA) is 52.9 Å². The van der Waals surface area contributed by atoms with Gasteiger partial charge in [-0.15, -0.1) is 0 Å². The Labute approximate surface area is 203 Å². The third-order valence-corrected chi connectivity index (χ3v) is 6.38. The molecular formula is C27H40N2O3S. The second-order valence-corrected chi connectivity index (χ2v) is 9.17. The highest BCUT2D eigenvalue weighted by molar-refractivity contribution is 7.11. The van der Waals surface area contributed by atoms with Crippen LogP contribution in [0.5, 0.6) is 10.9 Å². The van der Waals surface area contributed by atoms with Gasteiger partial charge in [-0.2, -0.15) is 0 Å². The lowest BCUT2D eigenvalue weighted by atomic mass is 9.96. The molecule has 5 nitrogen and oxygen atoms in total. The van der Waals surface area contributed by atoms with E-state index in [2.05, 4.69) is 36.1 Å². The average Bonchev–Trinajstić information content (AvgIpc) is 3.26. The molecule has 0 N–H and O–H groups in total. The molecule has 33 heavy (non-hydrogen) atoms. The zero-order valence-electron chi connectivity index (χ0n) is 21.0. The van der Waals surface area contributed by atoms with Crippen LogP contribution in [0.2, 0.25) is 0 Å². The molecule has 0 radical (unpaired) electrons. The Bertz CT molecular complexity index is 866. The average molecular weight is 473 g/mol. The second kappa shape index (κ2) is 15.5. The fraction of sp³-hybridized carbons (Fsp3) is 0.556. The van der Waals surface area contributed by atoms with Gasteiger partial charge in [0.05, 0.1) is 6.61 Å². The molecule has 0 spiro atoms. The number of nitrogens with zero attached hydrogens (tertiary/aromatic N) is 2. The van der Waals surface area contributed by atoms with Gasteiger partial charge in [0.1, 0.15) is 30.9 Å². The van der Waals surface area contributed by atoms with Gasteiger partial charge in [0.25, 0.3) is 5.19 Å². The molecular weight excluding hydrogens is 432 g/mol. The summed E-state index contributed by atoms with van der Waals surface area (Å²) in [7, 11) is 1.54. The Morgan fingerprint density at radius 3 is 2.33 bits per heavy atom. The van der Waals surface area contributed by atoms with Gasteiger partial charge in [0.2, 0.25) is 0 Å². The quantitative estimate of drug-likeness (QED) is 0.110. The summed E-state index contributed by atoms with van der Waals surface area (Å²) < 4.78 is 11.6. The number of benzene rings is 1. The number of thiazole rings is 1. The van der Waals surface area contributed by atoms with Crippen molar-refractivity contribution in [2.75, 3.05) is 20.3 Å². The summed E-state index contributed by atoms with van der Waals surface area (Å²) in [4.78, 5) is 9.22. The Morgan fingerprint density at radius 2 is 1.67 bits per heavy atom. The Morgan fingerprint density at radius 1 is 1.00 bits per heavy atom. The third kappa shape index (κ3) is 9.99. The Hall–Kier alpha value is -2.34. The summed E-state index contributed by atoms with van der Waals surface area (Å²) in [6.07, 6.45) is 13.9. The molecule has 0 saturated carbocycles. The van der Waals surface area contributed by atoms with Gasteiger partial charge in [0, 0.05) is 5.38 Å². The van der Waals surface area contributed by atoms with Crippen molar-refractivity contribution in [1.82, 2.24) is 4.98 Å². The number of aryl methyl sites for hydroxylation is 2. The molecule has 1 aromatic carbocycles. The van der Waals surface area contributed by atoms with Gasteiger partial charge < -0.3 is 14.3 Å². The first-order valence-electron chi connectivity index (χ1n) is 12.1. The SMILES string of the molecule is C/C=C/COc1cc(C)c(CCCCCCCCCOc2nc(C(C)=NOC)cs2)c(C)c1. The van der Waals surface area contributed by atoms with E-state index < -0.39 is 0 Å². The van der Waals surface area contributed by atoms with Crippen LogP contribution in [0.3, 0.4) is 0 Å². The predicted octanol–water partition coefficient (Wildman–Crippen LogP) is 7.44. The molecule has 0 aliphatic rings. The summed E-state index contributed by atoms with van der Waals surface area (Å²) in [6, 6.07) is 4.35. The van der Waals surface area contributed by atoms with E-state index in [-0.39, 0.29) is 0 Å². The number of aromatic nitrogens is 1. The van der Waals surface area contributed by atoms with Crippen molar-refractivity contribution in [3.8, 4) is 10.9 Å². The number of unbranched alkanes of at least 4 members (excludes halogenated alkanes) is 6. The fourth-order valence-corrected chi connectivity index (χ4v) is 4.53. The number of ether oxygens (including phenoxy) is 2. The minimum absolute atomic E-state index is 0.636. The highest BCUT2D eigenvalue weighted by Gasteiger charge is 2.07. The first-order valence-corrected chi connectivity index (χ1v) is 12.9. The second-order valence-electron chi connectivity index (χ2n) is 8.35. The van der Waals surface area contributed by atoms with E-state index in [1.54, 1.807) is 0 Å². The zero-order valence-corrected chi connectivity index (χ0v) is 21.8. The van der Waals surface area contributed by atoms with Crippen LogP contribution in [0.15, 0.2) is 34.8 Å². The molecule has 1 heterocycles. The lowest BCUT2D eigenvalue weighted by Gasteiger charge is -2.13. The molecule has 1 aromatic heterocycles. The van der Waals surface area contributed by atoms with Crippen LogP contribution < -0.4 is 9.47 Å². The van der Waals surface area contributed by atoms with Crippen molar-refractivity contribution >= 4 is 17.0 Å². The standard InChI is InChI=1S/C27H40N2O3S/c1-6-7-16-31-24-18-21(2)25(22(3)19-24)15-13-11-9-8-10-12-14-17-32-27-28-26(20-33-27)23(4)29-30-5/h6-7,18-20H,8-17H2,1-5H3/b7-6+,29-23?. The molecule has 0 saturated heterocycles. The lowest BCUT2D eigenvalue weighted by Crippen LogP contribution is -1.99. The van der Waals surface area contributed by atoms with Crippen molar-refractivity contribution in [3.05, 3.63) is 52.0 Å². The molecule has 0 unspecified atom stereocenters. The van der Waals surface area contributed by atoms with Crippen LogP contribution in [-0.2, 0) is 11.3 Å². The van der Waals surface area contributed by atoms with Gasteiger partial charge in [-0.1, -0.05) is 60.7 Å². The lowest BCUT2D eigenvalue weighted by molar-refractivity contribution is 0.213. The molecule has 182 valence electrons. The van der Waals surface area contributed by atoms with Crippen LogP contribution in [-0.4, -0.2) is 31.0 Å². The highest BCUT2D eigenvalue weighted by Crippen LogP contribution is 2.24. The molecule has 0 aliphatic carbocycles. The smallest absolute Gasteiger partial charge is 0.273 e. The maximum atomic E-state index is 5.80. The monoisotopic (exact) mass is 472 g/mol. The van der Waals surface area contributed by atoms with Gasteiger partial charge in [-0.3, -0.25) is 0 Å². The number of oxime groups is 1. The van der Waals surface area contributed by atoms with Crippen LogP contribution in [0.25, 0.3) is 0 Å². The van der Waals surface area contributed by atoms with Crippen molar-refractivity contribution in [3.63, 3.8) is 0 Å². The molecule has 0 atom stereocenters. The number of hydrogen-bond acceptors (Lipinski definition) is 6. The molecule has 0 fully saturated rings. The van der Waals surface area contributed by atoms with E-state index in [0.717, 1.165) is 36.6 Å². The Balaban J connectivity index is 1.54. The summed E-state index contributed by atoms with van der Waals surface area (Å²) in [6.45, 7) is 9.65.